The summed E-state index contributed by atoms with van der Waals surface area (Å²) in [5, 5.41) is 13.2. The summed E-state index contributed by atoms with van der Waals surface area (Å²) in [7, 11) is 0. The monoisotopic (exact) mass is 268 g/mol. The maximum atomic E-state index is 12.2. The smallest absolute Gasteiger partial charge is 0.324 e. The Morgan fingerprint density at radius 2 is 1.95 bits per heavy atom. The van der Waals surface area contributed by atoms with Crippen LogP contribution in [0.4, 0.5) is 4.79 Å². The first-order chi connectivity index (χ1) is 8.91. The summed E-state index contributed by atoms with van der Waals surface area (Å²) >= 11 is 0. The Bertz CT molecular complexity index is 362. The van der Waals surface area contributed by atoms with Gasteiger partial charge in [-0.1, -0.05) is 33.1 Å². The fraction of sp³-hybridized carbons (Fsp3) is 0.857. The molecule has 0 aromatic carbocycles. The number of carbonyl (C=O) groups excluding carboxylic acids is 2. The van der Waals surface area contributed by atoms with Crippen LogP contribution in [0, 0.1) is 5.92 Å². The van der Waals surface area contributed by atoms with Gasteiger partial charge in [-0.2, -0.15) is 0 Å². The largest absolute Gasteiger partial charge is 0.388 e. The number of hydrogen-bond acceptors (Lipinski definition) is 3. The van der Waals surface area contributed by atoms with Crippen LogP contribution >= 0.6 is 0 Å². The van der Waals surface area contributed by atoms with Crippen molar-refractivity contribution < 1.29 is 14.7 Å². The minimum atomic E-state index is -0.877. The average molecular weight is 268 g/mol. The van der Waals surface area contributed by atoms with Crippen molar-refractivity contribution in [1.82, 2.24) is 10.2 Å². The molecule has 2 aliphatic rings. The molecule has 1 unspecified atom stereocenters. The molecule has 0 spiro atoms. The van der Waals surface area contributed by atoms with Crippen LogP contribution in [-0.2, 0) is 4.79 Å². The minimum Gasteiger partial charge on any atom is -0.388 e. The highest BCUT2D eigenvalue weighted by Crippen LogP contribution is 2.30. The Balaban J connectivity index is 2.00. The van der Waals surface area contributed by atoms with E-state index in [9.17, 15) is 14.7 Å². The third-order valence-electron chi connectivity index (χ3n) is 4.05. The van der Waals surface area contributed by atoms with Crippen molar-refractivity contribution in [3.8, 4) is 0 Å². The van der Waals surface area contributed by atoms with Gasteiger partial charge in [-0.05, 0) is 25.2 Å². The molecule has 1 atom stereocenters. The van der Waals surface area contributed by atoms with Crippen LogP contribution in [-0.4, -0.2) is 40.1 Å². The normalized spacial score (nSPS) is 26.9. The fourth-order valence-corrected chi connectivity index (χ4v) is 3.02. The van der Waals surface area contributed by atoms with E-state index in [0.29, 0.717) is 25.2 Å². The summed E-state index contributed by atoms with van der Waals surface area (Å²) in [4.78, 5) is 25.3. The summed E-state index contributed by atoms with van der Waals surface area (Å²) in [6.45, 7) is 4.19. The average Bonchev–Trinajstić information content (AvgIpc) is 2.57. The van der Waals surface area contributed by atoms with E-state index in [0.717, 1.165) is 19.3 Å². The highest BCUT2D eigenvalue weighted by Gasteiger charge is 2.42. The van der Waals surface area contributed by atoms with Crippen LogP contribution in [0.3, 0.4) is 0 Å². The lowest BCUT2D eigenvalue weighted by Crippen LogP contribution is -2.47. The predicted molar refractivity (Wildman–Crippen MR) is 71.5 cm³/mol. The van der Waals surface area contributed by atoms with Crippen LogP contribution in [0.5, 0.6) is 0 Å². The molecule has 1 aliphatic heterocycles. The van der Waals surface area contributed by atoms with E-state index < -0.39 is 11.6 Å². The Labute approximate surface area is 114 Å². The summed E-state index contributed by atoms with van der Waals surface area (Å²) in [6.07, 6.45) is 5.07. The highest BCUT2D eigenvalue weighted by molar-refractivity contribution is 6.04. The highest BCUT2D eigenvalue weighted by atomic mass is 16.3. The molecule has 0 aromatic heterocycles. The van der Waals surface area contributed by atoms with Crippen LogP contribution < -0.4 is 5.32 Å². The van der Waals surface area contributed by atoms with E-state index in [1.54, 1.807) is 0 Å². The zero-order valence-corrected chi connectivity index (χ0v) is 11.8. The Morgan fingerprint density at radius 1 is 1.32 bits per heavy atom. The van der Waals surface area contributed by atoms with Gasteiger partial charge in [0.15, 0.2) is 0 Å². The minimum absolute atomic E-state index is 0.145. The van der Waals surface area contributed by atoms with Crippen molar-refractivity contribution in [3.63, 3.8) is 0 Å². The van der Waals surface area contributed by atoms with Crippen molar-refractivity contribution in [2.75, 3.05) is 6.54 Å². The molecule has 108 valence electrons. The molecule has 0 bridgehead atoms. The number of hydrogen-bond donors (Lipinski definition) is 2. The van der Waals surface area contributed by atoms with E-state index in [4.69, 9.17) is 0 Å². The summed E-state index contributed by atoms with van der Waals surface area (Å²) in [5.41, 5.74) is -0.877. The standard InChI is InChI=1S/C14H24N2O3/c1-10(2)8-11-12(17)16(13(18)15-11)9-14(19)6-4-3-5-7-14/h10-11,19H,3-9H2,1-2H3,(H,15,18). The van der Waals surface area contributed by atoms with E-state index >= 15 is 0 Å². The second-order valence-corrected chi connectivity index (χ2v) is 6.34. The lowest BCUT2D eigenvalue weighted by Gasteiger charge is -2.34. The number of amides is 3. The second kappa shape index (κ2) is 5.49. The molecule has 1 saturated heterocycles. The van der Waals surface area contributed by atoms with Crippen LogP contribution in [0.1, 0.15) is 52.4 Å². The van der Waals surface area contributed by atoms with E-state index in [-0.39, 0.29) is 18.5 Å². The van der Waals surface area contributed by atoms with Crippen molar-refractivity contribution in [2.45, 2.75) is 64.0 Å². The van der Waals surface area contributed by atoms with Gasteiger partial charge in [0.25, 0.3) is 5.91 Å². The van der Waals surface area contributed by atoms with Crippen LogP contribution in [0.2, 0.25) is 0 Å². The van der Waals surface area contributed by atoms with Gasteiger partial charge in [0, 0.05) is 0 Å². The zero-order valence-electron chi connectivity index (χ0n) is 11.8. The summed E-state index contributed by atoms with van der Waals surface area (Å²) in [6, 6.07) is -0.769. The molecule has 1 heterocycles. The third kappa shape index (κ3) is 3.26. The van der Waals surface area contributed by atoms with E-state index in [1.165, 1.54) is 4.90 Å². The van der Waals surface area contributed by atoms with E-state index in [1.807, 2.05) is 13.8 Å². The predicted octanol–water partition coefficient (Wildman–Crippen LogP) is 1.65. The molecule has 2 fully saturated rings. The molecule has 1 saturated carbocycles. The Hall–Kier alpha value is -1.10. The summed E-state index contributed by atoms with van der Waals surface area (Å²) in [5.74, 6) is 0.171. The lowest BCUT2D eigenvalue weighted by molar-refractivity contribution is -0.131. The first kappa shape index (κ1) is 14.3. The number of rotatable bonds is 4. The SMILES string of the molecule is CC(C)CC1NC(=O)N(CC2(O)CCCCC2)C1=O. The lowest BCUT2D eigenvalue weighted by atomic mass is 9.84. The number of β-amino-alcohol motifs (C(OH)–C–C–N with tert-alkyl or cyclic N) is 1. The first-order valence-electron chi connectivity index (χ1n) is 7.25. The molecule has 0 radical (unpaired) electrons. The van der Waals surface area contributed by atoms with Gasteiger partial charge in [0.1, 0.15) is 6.04 Å². The van der Waals surface area contributed by atoms with Crippen molar-refractivity contribution >= 4 is 11.9 Å². The van der Waals surface area contributed by atoms with Crippen molar-refractivity contribution in [1.29, 1.82) is 0 Å². The first-order valence-corrected chi connectivity index (χ1v) is 7.25. The topological polar surface area (TPSA) is 69.6 Å². The van der Waals surface area contributed by atoms with Gasteiger partial charge >= 0.3 is 6.03 Å². The van der Waals surface area contributed by atoms with E-state index in [2.05, 4.69) is 5.32 Å². The molecule has 5 nitrogen and oxygen atoms in total. The molecule has 2 rings (SSSR count). The van der Waals surface area contributed by atoms with Gasteiger partial charge in [-0.3, -0.25) is 9.69 Å². The Morgan fingerprint density at radius 3 is 2.53 bits per heavy atom. The third-order valence-corrected chi connectivity index (χ3v) is 4.05. The quantitative estimate of drug-likeness (QED) is 0.762. The van der Waals surface area contributed by atoms with Crippen molar-refractivity contribution in [2.24, 2.45) is 5.92 Å². The van der Waals surface area contributed by atoms with Gasteiger partial charge in [-0.15, -0.1) is 0 Å². The number of nitrogens with one attached hydrogen (secondary N) is 1. The number of aliphatic hydroxyl groups is 1. The molecule has 2 N–H and O–H groups in total. The number of nitrogens with zero attached hydrogens (tertiary/aromatic N) is 1. The number of urea groups is 1. The maximum absolute atomic E-state index is 12.2. The van der Waals surface area contributed by atoms with Gasteiger partial charge in [0.05, 0.1) is 12.1 Å². The molecule has 19 heavy (non-hydrogen) atoms. The van der Waals surface area contributed by atoms with Gasteiger partial charge in [-0.25, -0.2) is 4.79 Å². The van der Waals surface area contributed by atoms with Gasteiger partial charge in [0.2, 0.25) is 0 Å². The molecule has 1 aliphatic carbocycles. The molecule has 5 heteroatoms. The molecule has 3 amide bonds. The second-order valence-electron chi connectivity index (χ2n) is 6.34. The van der Waals surface area contributed by atoms with Crippen LogP contribution in [0.15, 0.2) is 0 Å². The molecular formula is C14H24N2O3. The van der Waals surface area contributed by atoms with Crippen molar-refractivity contribution in [3.05, 3.63) is 0 Å². The maximum Gasteiger partial charge on any atom is 0.324 e. The number of imide groups is 1. The Kier molecular flexibility index (Phi) is 4.13. The number of carbonyl (C=O) groups is 2. The van der Waals surface area contributed by atoms with Gasteiger partial charge < -0.3 is 10.4 Å². The molecule has 0 aromatic rings. The van der Waals surface area contributed by atoms with Crippen LogP contribution in [0.25, 0.3) is 0 Å². The summed E-state index contributed by atoms with van der Waals surface area (Å²) < 4.78 is 0. The fourth-order valence-electron chi connectivity index (χ4n) is 3.02. The zero-order chi connectivity index (χ0) is 14.0. The molecular weight excluding hydrogens is 244 g/mol.